The van der Waals surface area contributed by atoms with Crippen LogP contribution in [0, 0.1) is 0 Å². The summed E-state index contributed by atoms with van der Waals surface area (Å²) in [6.07, 6.45) is 0. The Kier molecular flexibility index (Phi) is 5.82. The molecule has 0 radical (unpaired) electrons. The first kappa shape index (κ1) is 25.4. The Morgan fingerprint density at radius 3 is 1.78 bits per heavy atom. The van der Waals surface area contributed by atoms with Crippen LogP contribution in [0.4, 0.5) is 17.1 Å². The van der Waals surface area contributed by atoms with Crippen molar-refractivity contribution in [3.63, 3.8) is 0 Å². The lowest BCUT2D eigenvalue weighted by molar-refractivity contribution is 0.488. The van der Waals surface area contributed by atoms with Crippen molar-refractivity contribution in [3.05, 3.63) is 164 Å². The molecule has 0 saturated heterocycles. The topological polar surface area (TPSA) is 25.6 Å². The number of anilines is 3. The molecule has 0 amide bonds. The second-order valence-electron chi connectivity index (χ2n) is 11.4. The molecule has 0 saturated carbocycles. The van der Waals surface area contributed by atoms with E-state index in [4.69, 9.17) is 9.15 Å². The second-order valence-corrected chi connectivity index (χ2v) is 11.4. The predicted molar refractivity (Wildman–Crippen MR) is 185 cm³/mol. The lowest BCUT2D eigenvalue weighted by atomic mass is 9.94. The lowest BCUT2D eigenvalue weighted by Gasteiger charge is -2.26. The average Bonchev–Trinajstić information content (AvgIpc) is 3.41. The molecule has 1 aromatic heterocycles. The number of hydrogen-bond donors (Lipinski definition) is 0. The molecule has 0 fully saturated rings. The predicted octanol–water partition coefficient (Wildman–Crippen LogP) is 12.2. The van der Waals surface area contributed by atoms with Crippen molar-refractivity contribution in [2.75, 3.05) is 4.90 Å². The van der Waals surface area contributed by atoms with Crippen LogP contribution < -0.4 is 9.64 Å². The highest BCUT2D eigenvalue weighted by molar-refractivity contribution is 6.06. The Balaban J connectivity index is 1.23. The van der Waals surface area contributed by atoms with Gasteiger partial charge in [-0.2, -0.15) is 0 Å². The molecule has 0 spiro atoms. The van der Waals surface area contributed by atoms with Gasteiger partial charge in [0.25, 0.3) is 0 Å². The van der Waals surface area contributed by atoms with Crippen LogP contribution in [0.1, 0.15) is 0 Å². The highest BCUT2D eigenvalue weighted by Gasteiger charge is 2.23. The zero-order valence-electron chi connectivity index (χ0n) is 24.4. The molecule has 3 heteroatoms. The molecular formula is C42H27NO2. The fourth-order valence-electron chi connectivity index (χ4n) is 6.54. The molecule has 7 aromatic carbocycles. The number of hydrogen-bond acceptors (Lipinski definition) is 3. The third-order valence-corrected chi connectivity index (χ3v) is 8.69. The second kappa shape index (κ2) is 10.3. The Hall–Kier alpha value is -6.06. The minimum Gasteiger partial charge on any atom is -0.456 e. The van der Waals surface area contributed by atoms with Crippen LogP contribution in [0.3, 0.4) is 0 Å². The molecule has 3 nitrogen and oxygen atoms in total. The maximum absolute atomic E-state index is 6.55. The first-order valence-corrected chi connectivity index (χ1v) is 15.2. The summed E-state index contributed by atoms with van der Waals surface area (Å²) in [4.78, 5) is 2.29. The van der Waals surface area contributed by atoms with Crippen LogP contribution in [-0.4, -0.2) is 0 Å². The minimum absolute atomic E-state index is 0.836. The molecule has 0 aliphatic carbocycles. The smallest absolute Gasteiger partial charge is 0.137 e. The maximum Gasteiger partial charge on any atom is 0.137 e. The molecule has 8 aromatic rings. The Bertz CT molecular complexity index is 2350. The first-order chi connectivity index (χ1) is 22.3. The van der Waals surface area contributed by atoms with E-state index < -0.39 is 0 Å². The van der Waals surface area contributed by atoms with Gasteiger partial charge in [0.15, 0.2) is 0 Å². The minimum atomic E-state index is 0.836. The number of para-hydroxylation sites is 2. The number of rotatable bonds is 4. The zero-order chi connectivity index (χ0) is 29.7. The third-order valence-electron chi connectivity index (χ3n) is 8.69. The standard InChI is InChI=1S/C42H27NO2/c1-2-10-28(11-3-1)29-18-20-30(21-19-29)43(32-22-24-37-36-15-7-9-17-40(36)45-42(37)27-32)31-23-25-41-38(26-31)34-13-5-4-12-33(34)35-14-6-8-16-39(35)44-41/h1-27H. The summed E-state index contributed by atoms with van der Waals surface area (Å²) >= 11 is 0. The van der Waals surface area contributed by atoms with Gasteiger partial charge in [-0.1, -0.05) is 103 Å². The van der Waals surface area contributed by atoms with Crippen LogP contribution in [0.25, 0.3) is 55.3 Å². The van der Waals surface area contributed by atoms with Crippen molar-refractivity contribution in [1.82, 2.24) is 0 Å². The van der Waals surface area contributed by atoms with Gasteiger partial charge in [-0.3, -0.25) is 0 Å². The van der Waals surface area contributed by atoms with Gasteiger partial charge in [-0.05, 0) is 76.9 Å². The summed E-state index contributed by atoms with van der Waals surface area (Å²) in [6.45, 7) is 0. The summed E-state index contributed by atoms with van der Waals surface area (Å²) in [5.74, 6) is 1.70. The molecular weight excluding hydrogens is 550 g/mol. The summed E-state index contributed by atoms with van der Waals surface area (Å²) in [5, 5.41) is 2.23. The molecule has 2 heterocycles. The lowest BCUT2D eigenvalue weighted by Crippen LogP contribution is -2.10. The average molecular weight is 578 g/mol. The van der Waals surface area contributed by atoms with E-state index in [0.29, 0.717) is 0 Å². The third kappa shape index (κ3) is 4.29. The summed E-state index contributed by atoms with van der Waals surface area (Å²) in [5.41, 5.74) is 11.7. The van der Waals surface area contributed by atoms with E-state index in [-0.39, 0.29) is 0 Å². The summed E-state index contributed by atoms with van der Waals surface area (Å²) in [7, 11) is 0. The maximum atomic E-state index is 6.55. The zero-order valence-corrected chi connectivity index (χ0v) is 24.4. The van der Waals surface area contributed by atoms with Crippen molar-refractivity contribution in [3.8, 4) is 44.9 Å². The van der Waals surface area contributed by atoms with E-state index in [1.165, 1.54) is 11.1 Å². The van der Waals surface area contributed by atoms with Gasteiger partial charge in [-0.15, -0.1) is 0 Å². The highest BCUT2D eigenvalue weighted by Crippen LogP contribution is 2.49. The Morgan fingerprint density at radius 1 is 0.356 bits per heavy atom. The fraction of sp³-hybridized carbons (Fsp3) is 0. The number of ether oxygens (including phenoxy) is 1. The number of benzene rings is 7. The van der Waals surface area contributed by atoms with Gasteiger partial charge in [0.2, 0.25) is 0 Å². The van der Waals surface area contributed by atoms with E-state index in [2.05, 4.69) is 138 Å². The van der Waals surface area contributed by atoms with E-state index in [0.717, 1.165) is 72.8 Å². The van der Waals surface area contributed by atoms with Crippen molar-refractivity contribution >= 4 is 39.0 Å². The molecule has 0 unspecified atom stereocenters. The summed E-state index contributed by atoms with van der Waals surface area (Å²) < 4.78 is 12.9. The fourth-order valence-corrected chi connectivity index (χ4v) is 6.54. The number of furan rings is 1. The molecule has 0 atom stereocenters. The quantitative estimate of drug-likeness (QED) is 0.208. The summed E-state index contributed by atoms with van der Waals surface area (Å²) in [6, 6.07) is 57.2. The largest absolute Gasteiger partial charge is 0.456 e. The van der Waals surface area contributed by atoms with Crippen molar-refractivity contribution in [1.29, 1.82) is 0 Å². The van der Waals surface area contributed by atoms with Gasteiger partial charge in [0.05, 0.1) is 0 Å². The number of nitrogens with zero attached hydrogens (tertiary/aromatic N) is 1. The van der Waals surface area contributed by atoms with E-state index in [9.17, 15) is 0 Å². The van der Waals surface area contributed by atoms with Crippen molar-refractivity contribution in [2.24, 2.45) is 0 Å². The molecule has 0 bridgehead atoms. The van der Waals surface area contributed by atoms with Gasteiger partial charge < -0.3 is 14.1 Å². The van der Waals surface area contributed by atoms with Crippen molar-refractivity contribution in [2.45, 2.75) is 0 Å². The Labute approximate surface area is 261 Å². The molecule has 45 heavy (non-hydrogen) atoms. The van der Waals surface area contributed by atoms with Gasteiger partial charge in [0.1, 0.15) is 22.7 Å². The van der Waals surface area contributed by atoms with Crippen molar-refractivity contribution < 1.29 is 9.15 Å². The van der Waals surface area contributed by atoms with Crippen LogP contribution in [0.15, 0.2) is 168 Å². The monoisotopic (exact) mass is 577 g/mol. The van der Waals surface area contributed by atoms with Gasteiger partial charge >= 0.3 is 0 Å². The van der Waals surface area contributed by atoms with Crippen LogP contribution in [-0.2, 0) is 0 Å². The van der Waals surface area contributed by atoms with Crippen LogP contribution >= 0.6 is 0 Å². The van der Waals surface area contributed by atoms with E-state index >= 15 is 0 Å². The van der Waals surface area contributed by atoms with E-state index in [1.807, 2.05) is 30.3 Å². The molecule has 0 N–H and O–H groups in total. The SMILES string of the molecule is c1ccc(-c2ccc(N(c3ccc4c(c3)-c3ccccc3-c3ccccc3O4)c3ccc4c(c3)oc3ccccc34)cc2)cc1. The normalized spacial score (nSPS) is 11.7. The molecule has 1 aliphatic heterocycles. The first-order valence-electron chi connectivity index (χ1n) is 15.2. The molecule has 1 aliphatic rings. The number of fused-ring (bicyclic) bond motifs is 8. The van der Waals surface area contributed by atoms with Gasteiger partial charge in [0, 0.05) is 45.0 Å². The van der Waals surface area contributed by atoms with Gasteiger partial charge in [-0.25, -0.2) is 0 Å². The highest BCUT2D eigenvalue weighted by atomic mass is 16.5. The Morgan fingerprint density at radius 2 is 0.933 bits per heavy atom. The van der Waals surface area contributed by atoms with Crippen LogP contribution in [0.5, 0.6) is 11.5 Å². The molecule has 212 valence electrons. The van der Waals surface area contributed by atoms with E-state index in [1.54, 1.807) is 0 Å². The molecule has 9 rings (SSSR count). The van der Waals surface area contributed by atoms with Crippen LogP contribution in [0.2, 0.25) is 0 Å².